The van der Waals surface area contributed by atoms with E-state index in [0.29, 0.717) is 17.7 Å². The minimum atomic E-state index is 0.595. The van der Waals surface area contributed by atoms with Gasteiger partial charge in [0.1, 0.15) is 5.69 Å². The van der Waals surface area contributed by atoms with E-state index >= 15 is 0 Å². The summed E-state index contributed by atoms with van der Waals surface area (Å²) >= 11 is 5.06. The maximum Gasteiger partial charge on any atom is 0.166 e. The molecule has 2 rings (SSSR count). The molecule has 1 heterocycles. The molecule has 70 valence electrons. The predicted molar refractivity (Wildman–Crippen MR) is 52.0 cm³/mol. The average molecular weight is 197 g/mol. The fourth-order valence-corrected chi connectivity index (χ4v) is 1.18. The summed E-state index contributed by atoms with van der Waals surface area (Å²) in [4.78, 5) is 0. The van der Waals surface area contributed by atoms with Gasteiger partial charge in [0.2, 0.25) is 0 Å². The van der Waals surface area contributed by atoms with Crippen LogP contribution in [0.15, 0.2) is 6.20 Å². The van der Waals surface area contributed by atoms with E-state index in [1.54, 1.807) is 6.20 Å². The summed E-state index contributed by atoms with van der Waals surface area (Å²) in [7, 11) is 0. The fraction of sp³-hybridized carbons (Fsp3) is 0.571. The van der Waals surface area contributed by atoms with Crippen LogP contribution in [0.4, 0.5) is 0 Å². The summed E-state index contributed by atoms with van der Waals surface area (Å²) in [6.07, 6.45) is 4.13. The highest BCUT2D eigenvalue weighted by Gasteiger charge is 2.21. The Morgan fingerprint density at radius 2 is 2.54 bits per heavy atom. The number of nitrogens with zero attached hydrogens (tertiary/aromatic N) is 2. The van der Waals surface area contributed by atoms with E-state index in [0.717, 1.165) is 5.69 Å². The second-order valence-corrected chi connectivity index (χ2v) is 3.47. The van der Waals surface area contributed by atoms with Crippen molar-refractivity contribution in [2.45, 2.75) is 25.4 Å². The normalized spacial score (nSPS) is 15.4. The lowest BCUT2D eigenvalue weighted by atomic mass is 10.5. The highest BCUT2D eigenvalue weighted by molar-refractivity contribution is 7.80. The highest BCUT2D eigenvalue weighted by Crippen LogP contribution is 2.18. The third-order valence-corrected chi connectivity index (χ3v) is 2.07. The second-order valence-electron chi connectivity index (χ2n) is 3.06. The number of aromatic nitrogens is 3. The van der Waals surface area contributed by atoms with Crippen molar-refractivity contribution < 1.29 is 0 Å². The molecular formula is C7H11N5S. The summed E-state index contributed by atoms with van der Waals surface area (Å²) in [6, 6.07) is 0.595. The third kappa shape index (κ3) is 2.66. The van der Waals surface area contributed by atoms with Crippen LogP contribution < -0.4 is 10.6 Å². The largest absolute Gasteiger partial charge is 0.360 e. The quantitative estimate of drug-likeness (QED) is 0.592. The first-order valence-electron chi connectivity index (χ1n) is 4.23. The molecule has 1 aliphatic carbocycles. The predicted octanol–water partition coefficient (Wildman–Crippen LogP) is -0.0688. The van der Waals surface area contributed by atoms with Crippen LogP contribution >= 0.6 is 12.2 Å². The monoisotopic (exact) mass is 197 g/mol. The number of rotatable bonds is 3. The molecule has 0 atom stereocenters. The van der Waals surface area contributed by atoms with Crippen molar-refractivity contribution in [2.75, 3.05) is 0 Å². The maximum atomic E-state index is 5.06. The molecule has 0 radical (unpaired) electrons. The van der Waals surface area contributed by atoms with Gasteiger partial charge in [-0.3, -0.25) is 0 Å². The molecule has 1 aromatic rings. The SMILES string of the molecule is S=C(NCc1cn[nH]n1)NC1CC1. The second kappa shape index (κ2) is 3.69. The van der Waals surface area contributed by atoms with Crippen molar-refractivity contribution >= 4 is 17.3 Å². The van der Waals surface area contributed by atoms with Crippen LogP contribution in [0.5, 0.6) is 0 Å². The Balaban J connectivity index is 1.69. The zero-order valence-electron chi connectivity index (χ0n) is 7.08. The number of thiocarbonyl (C=S) groups is 1. The maximum absolute atomic E-state index is 5.06. The number of aromatic amines is 1. The van der Waals surface area contributed by atoms with E-state index < -0.39 is 0 Å². The van der Waals surface area contributed by atoms with Crippen LogP contribution in [0, 0.1) is 0 Å². The van der Waals surface area contributed by atoms with Gasteiger partial charge >= 0.3 is 0 Å². The Hall–Kier alpha value is -1.17. The molecule has 3 N–H and O–H groups in total. The summed E-state index contributed by atoms with van der Waals surface area (Å²) in [6.45, 7) is 0.620. The number of nitrogens with one attached hydrogen (secondary N) is 3. The lowest BCUT2D eigenvalue weighted by Gasteiger charge is -2.06. The minimum Gasteiger partial charge on any atom is -0.360 e. The lowest BCUT2D eigenvalue weighted by molar-refractivity contribution is 0.804. The van der Waals surface area contributed by atoms with Crippen LogP contribution in [-0.4, -0.2) is 26.6 Å². The molecule has 0 aromatic carbocycles. The summed E-state index contributed by atoms with van der Waals surface area (Å²) < 4.78 is 0. The smallest absolute Gasteiger partial charge is 0.166 e. The molecule has 1 aliphatic rings. The van der Waals surface area contributed by atoms with Crippen molar-refractivity contribution in [3.63, 3.8) is 0 Å². The standard InChI is InChI=1S/C7H11N5S/c13-7(10-5-1-2-5)8-3-6-4-9-12-11-6/h4-5H,1-3H2,(H2,8,10,13)(H,9,11,12). The molecule has 0 bridgehead atoms. The molecule has 0 saturated heterocycles. The zero-order valence-corrected chi connectivity index (χ0v) is 7.90. The van der Waals surface area contributed by atoms with Crippen molar-refractivity contribution in [3.8, 4) is 0 Å². The van der Waals surface area contributed by atoms with Gasteiger partial charge in [0.25, 0.3) is 0 Å². The van der Waals surface area contributed by atoms with Gasteiger partial charge in [-0.2, -0.15) is 15.4 Å². The van der Waals surface area contributed by atoms with E-state index in [1.807, 2.05) is 0 Å². The number of H-pyrrole nitrogens is 1. The first-order chi connectivity index (χ1) is 6.34. The van der Waals surface area contributed by atoms with Gasteiger partial charge in [0.05, 0.1) is 12.7 Å². The van der Waals surface area contributed by atoms with Crippen LogP contribution in [0.3, 0.4) is 0 Å². The number of hydrogen-bond donors (Lipinski definition) is 3. The Morgan fingerprint density at radius 3 is 3.15 bits per heavy atom. The summed E-state index contributed by atoms with van der Waals surface area (Å²) in [5.41, 5.74) is 0.861. The van der Waals surface area contributed by atoms with E-state index in [1.165, 1.54) is 12.8 Å². The molecule has 5 nitrogen and oxygen atoms in total. The Kier molecular flexibility index (Phi) is 2.40. The van der Waals surface area contributed by atoms with Crippen molar-refractivity contribution in [1.82, 2.24) is 26.0 Å². The van der Waals surface area contributed by atoms with Gasteiger partial charge in [-0.25, -0.2) is 0 Å². The van der Waals surface area contributed by atoms with Gasteiger partial charge in [-0.1, -0.05) is 0 Å². The van der Waals surface area contributed by atoms with E-state index in [2.05, 4.69) is 26.0 Å². The van der Waals surface area contributed by atoms with E-state index in [4.69, 9.17) is 12.2 Å². The van der Waals surface area contributed by atoms with Gasteiger partial charge in [-0.15, -0.1) is 0 Å². The van der Waals surface area contributed by atoms with Crippen molar-refractivity contribution in [3.05, 3.63) is 11.9 Å². The first kappa shape index (κ1) is 8.43. The molecule has 6 heteroatoms. The molecular weight excluding hydrogens is 186 g/mol. The first-order valence-corrected chi connectivity index (χ1v) is 4.64. The van der Waals surface area contributed by atoms with Gasteiger partial charge in [0, 0.05) is 6.04 Å². The van der Waals surface area contributed by atoms with Crippen LogP contribution in [0.25, 0.3) is 0 Å². The fourth-order valence-electron chi connectivity index (χ4n) is 0.945. The Morgan fingerprint density at radius 1 is 1.69 bits per heavy atom. The highest BCUT2D eigenvalue weighted by atomic mass is 32.1. The van der Waals surface area contributed by atoms with Gasteiger partial charge in [0.15, 0.2) is 5.11 Å². The van der Waals surface area contributed by atoms with Gasteiger partial charge in [-0.05, 0) is 25.1 Å². The van der Waals surface area contributed by atoms with Crippen LogP contribution in [0.1, 0.15) is 18.5 Å². The molecule has 0 amide bonds. The van der Waals surface area contributed by atoms with Crippen LogP contribution in [0.2, 0.25) is 0 Å². The molecule has 0 unspecified atom stereocenters. The molecule has 0 aliphatic heterocycles. The van der Waals surface area contributed by atoms with Crippen molar-refractivity contribution in [1.29, 1.82) is 0 Å². The molecule has 1 aromatic heterocycles. The third-order valence-electron chi connectivity index (χ3n) is 1.81. The Bertz CT molecular complexity index is 279. The minimum absolute atomic E-state index is 0.595. The summed E-state index contributed by atoms with van der Waals surface area (Å²) in [5, 5.41) is 17.1. The zero-order chi connectivity index (χ0) is 9.10. The van der Waals surface area contributed by atoms with E-state index in [-0.39, 0.29) is 0 Å². The topological polar surface area (TPSA) is 65.6 Å². The van der Waals surface area contributed by atoms with Crippen LogP contribution in [-0.2, 0) is 6.54 Å². The lowest BCUT2D eigenvalue weighted by Crippen LogP contribution is -2.36. The van der Waals surface area contributed by atoms with E-state index in [9.17, 15) is 0 Å². The molecule has 13 heavy (non-hydrogen) atoms. The number of hydrogen-bond acceptors (Lipinski definition) is 3. The van der Waals surface area contributed by atoms with Crippen molar-refractivity contribution in [2.24, 2.45) is 0 Å². The molecule has 1 saturated carbocycles. The summed E-state index contributed by atoms with van der Waals surface area (Å²) in [5.74, 6) is 0. The average Bonchev–Trinajstić information content (AvgIpc) is 2.78. The molecule has 1 fully saturated rings. The Labute approximate surface area is 81.3 Å². The van der Waals surface area contributed by atoms with Gasteiger partial charge < -0.3 is 10.6 Å². The molecule has 0 spiro atoms.